The number of fused-ring (bicyclic) bond motifs is 12. The van der Waals surface area contributed by atoms with Crippen LogP contribution in [0.4, 0.5) is 0 Å². The summed E-state index contributed by atoms with van der Waals surface area (Å²) in [5, 5.41) is 19.1. The van der Waals surface area contributed by atoms with Crippen molar-refractivity contribution in [2.75, 3.05) is 0 Å². The average Bonchev–Trinajstić information content (AvgIpc) is 3.97. The Kier molecular flexibility index (Phi) is 6.17. The Hall–Kier alpha value is -7.13. The lowest BCUT2D eigenvalue weighted by molar-refractivity contribution is 0.669. The zero-order valence-corrected chi connectivity index (χ0v) is 30.5. The van der Waals surface area contributed by atoms with E-state index in [-0.39, 0.29) is 0 Å². The molecule has 256 valence electrons. The number of benzene rings is 8. The van der Waals surface area contributed by atoms with Gasteiger partial charge in [-0.15, -0.1) is 11.3 Å². The molecule has 0 aliphatic carbocycles. The summed E-state index contributed by atoms with van der Waals surface area (Å²) in [6.45, 7) is 2.21. The van der Waals surface area contributed by atoms with Crippen LogP contribution in [-0.4, -0.2) is 9.13 Å². The predicted octanol–water partition coefficient (Wildman–Crippen LogP) is 14.0. The summed E-state index contributed by atoms with van der Waals surface area (Å²) in [4.78, 5) is 0. The van der Waals surface area contributed by atoms with E-state index in [1.54, 1.807) is 0 Å². The molecule has 0 atom stereocenters. The van der Waals surface area contributed by atoms with Crippen molar-refractivity contribution in [2.45, 2.75) is 6.92 Å². The van der Waals surface area contributed by atoms with Gasteiger partial charge in [0.15, 0.2) is 0 Å². The molecule has 0 saturated carbocycles. The Labute approximate surface area is 318 Å². The van der Waals surface area contributed by atoms with Gasteiger partial charge >= 0.3 is 0 Å². The predicted molar refractivity (Wildman–Crippen MR) is 230 cm³/mol. The second-order valence-electron chi connectivity index (χ2n) is 14.5. The normalized spacial score (nSPS) is 12.1. The van der Waals surface area contributed by atoms with Crippen molar-refractivity contribution in [1.82, 2.24) is 9.13 Å². The van der Waals surface area contributed by atoms with E-state index >= 15 is 0 Å². The fourth-order valence-electron chi connectivity index (χ4n) is 8.97. The minimum Gasteiger partial charge on any atom is -0.456 e. The Balaban J connectivity index is 1.01. The molecular formula is C50H29N3OS. The van der Waals surface area contributed by atoms with E-state index in [9.17, 15) is 5.26 Å². The first-order valence-electron chi connectivity index (χ1n) is 18.5. The third kappa shape index (κ3) is 4.32. The molecule has 0 spiro atoms. The number of aromatic nitrogens is 2. The van der Waals surface area contributed by atoms with Crippen LogP contribution in [0.25, 0.3) is 108 Å². The quantitative estimate of drug-likeness (QED) is 0.182. The Morgan fingerprint density at radius 1 is 0.473 bits per heavy atom. The zero-order chi connectivity index (χ0) is 36.4. The van der Waals surface area contributed by atoms with Gasteiger partial charge in [-0.3, -0.25) is 0 Å². The fourth-order valence-corrected chi connectivity index (χ4v) is 10.0. The van der Waals surface area contributed by atoms with Crippen molar-refractivity contribution < 1.29 is 4.42 Å². The van der Waals surface area contributed by atoms with Crippen LogP contribution in [0.3, 0.4) is 0 Å². The number of thiophene rings is 1. The highest BCUT2D eigenvalue weighted by Gasteiger charge is 2.18. The molecule has 0 aliphatic heterocycles. The third-order valence-corrected chi connectivity index (χ3v) is 12.6. The number of para-hydroxylation sites is 2. The molecule has 0 unspecified atom stereocenters. The number of nitrogens with zero attached hydrogens (tertiary/aromatic N) is 3. The summed E-state index contributed by atoms with van der Waals surface area (Å²) >= 11 is 1.85. The molecule has 8 aromatic carbocycles. The minimum atomic E-state index is 0.659. The summed E-state index contributed by atoms with van der Waals surface area (Å²) in [6.07, 6.45) is 0. The van der Waals surface area contributed by atoms with E-state index in [1.807, 2.05) is 23.5 Å². The fraction of sp³-hybridized carbons (Fsp3) is 0.0200. The molecular weight excluding hydrogens is 691 g/mol. The molecule has 12 rings (SSSR count). The van der Waals surface area contributed by atoms with E-state index in [0.717, 1.165) is 55.0 Å². The maximum Gasteiger partial charge on any atom is 0.135 e. The van der Waals surface area contributed by atoms with Gasteiger partial charge in [-0.2, -0.15) is 5.26 Å². The molecule has 5 heteroatoms. The molecule has 0 fully saturated rings. The van der Waals surface area contributed by atoms with Crippen LogP contribution in [0.15, 0.2) is 162 Å². The molecule has 0 amide bonds. The highest BCUT2D eigenvalue weighted by molar-refractivity contribution is 7.25. The summed E-state index contributed by atoms with van der Waals surface area (Å²) in [6, 6.07) is 58.8. The van der Waals surface area contributed by atoms with Crippen molar-refractivity contribution in [3.63, 3.8) is 0 Å². The van der Waals surface area contributed by atoms with Crippen molar-refractivity contribution in [3.05, 3.63) is 169 Å². The van der Waals surface area contributed by atoms with Crippen LogP contribution in [0.1, 0.15) is 11.1 Å². The molecule has 4 aromatic heterocycles. The molecule has 0 N–H and O–H groups in total. The van der Waals surface area contributed by atoms with Crippen LogP contribution in [0.2, 0.25) is 0 Å². The van der Waals surface area contributed by atoms with Gasteiger partial charge < -0.3 is 13.6 Å². The lowest BCUT2D eigenvalue weighted by atomic mass is 10.0. The van der Waals surface area contributed by atoms with Gasteiger partial charge in [0.05, 0.1) is 33.7 Å². The van der Waals surface area contributed by atoms with E-state index < -0.39 is 0 Å². The third-order valence-electron chi connectivity index (χ3n) is 11.5. The minimum absolute atomic E-state index is 0.659. The summed E-state index contributed by atoms with van der Waals surface area (Å²) in [5.74, 6) is 0. The summed E-state index contributed by atoms with van der Waals surface area (Å²) in [7, 11) is 0. The Morgan fingerprint density at radius 2 is 1.05 bits per heavy atom. The van der Waals surface area contributed by atoms with Crippen LogP contribution >= 0.6 is 11.3 Å². The van der Waals surface area contributed by atoms with E-state index in [2.05, 4.69) is 168 Å². The van der Waals surface area contributed by atoms with E-state index in [1.165, 1.54) is 58.8 Å². The Morgan fingerprint density at radius 3 is 1.87 bits per heavy atom. The molecule has 0 aliphatic rings. The van der Waals surface area contributed by atoms with Crippen LogP contribution < -0.4 is 0 Å². The SMILES string of the molecule is Cc1cccc2c1c1ccccc1n2-c1ccc2sc3ccc(-c4ccc5oc6ccc(-n7c8ccccc8c8cc(C#N)ccc87)cc6c5c4)cc3c2c1. The van der Waals surface area contributed by atoms with Gasteiger partial charge in [0.2, 0.25) is 0 Å². The van der Waals surface area contributed by atoms with Crippen LogP contribution in [0, 0.1) is 18.3 Å². The van der Waals surface area contributed by atoms with Gasteiger partial charge in [0, 0.05) is 63.9 Å². The smallest absolute Gasteiger partial charge is 0.135 e. The monoisotopic (exact) mass is 719 g/mol. The molecule has 0 radical (unpaired) electrons. The van der Waals surface area contributed by atoms with Crippen molar-refractivity contribution in [3.8, 4) is 28.6 Å². The van der Waals surface area contributed by atoms with Gasteiger partial charge in [-0.05, 0) is 121 Å². The first-order chi connectivity index (χ1) is 27.1. The molecule has 0 bridgehead atoms. The molecule has 0 saturated heterocycles. The molecule has 55 heavy (non-hydrogen) atoms. The number of furan rings is 1. The Bertz CT molecular complexity index is 3640. The number of rotatable bonds is 3. The van der Waals surface area contributed by atoms with Crippen LogP contribution in [-0.2, 0) is 0 Å². The van der Waals surface area contributed by atoms with Crippen molar-refractivity contribution in [1.29, 1.82) is 5.26 Å². The molecule has 4 heterocycles. The first-order valence-corrected chi connectivity index (χ1v) is 19.3. The van der Waals surface area contributed by atoms with Gasteiger partial charge in [-0.1, -0.05) is 60.7 Å². The molecule has 12 aromatic rings. The van der Waals surface area contributed by atoms with Gasteiger partial charge in [0.25, 0.3) is 0 Å². The lowest BCUT2D eigenvalue weighted by Crippen LogP contribution is -1.93. The zero-order valence-electron chi connectivity index (χ0n) is 29.7. The van der Waals surface area contributed by atoms with E-state index in [0.29, 0.717) is 5.56 Å². The highest BCUT2D eigenvalue weighted by Crippen LogP contribution is 2.41. The standard InChI is InChI=1S/C50H29N3OS/c1-29-7-6-12-45-50(29)36-9-3-5-11-43(36)53(45)34-17-22-49-41(27-34)40-25-32(15-21-48(40)55-49)31-14-19-46-38(24-31)39-26-33(16-20-47(39)54-46)52-42-10-4-2-8-35(42)37-23-30(28-51)13-18-44(37)52/h2-27H,1H3. The van der Waals surface area contributed by atoms with Crippen molar-refractivity contribution >= 4 is 97.1 Å². The largest absolute Gasteiger partial charge is 0.456 e. The lowest BCUT2D eigenvalue weighted by Gasteiger charge is -2.09. The van der Waals surface area contributed by atoms with Gasteiger partial charge in [0.1, 0.15) is 11.2 Å². The maximum absolute atomic E-state index is 9.63. The summed E-state index contributed by atoms with van der Waals surface area (Å²) in [5.41, 5.74) is 12.9. The number of nitriles is 1. The van der Waals surface area contributed by atoms with Gasteiger partial charge in [-0.25, -0.2) is 0 Å². The maximum atomic E-state index is 9.63. The van der Waals surface area contributed by atoms with E-state index in [4.69, 9.17) is 4.42 Å². The topological polar surface area (TPSA) is 46.8 Å². The average molecular weight is 720 g/mol. The summed E-state index contributed by atoms with van der Waals surface area (Å²) < 4.78 is 13.7. The number of hydrogen-bond donors (Lipinski definition) is 0. The van der Waals surface area contributed by atoms with Crippen molar-refractivity contribution in [2.24, 2.45) is 0 Å². The highest BCUT2D eigenvalue weighted by atomic mass is 32.1. The second kappa shape index (κ2) is 11.2. The number of hydrogen-bond acceptors (Lipinski definition) is 3. The molecule has 4 nitrogen and oxygen atoms in total. The second-order valence-corrected chi connectivity index (χ2v) is 15.6. The van der Waals surface area contributed by atoms with Crippen LogP contribution in [0.5, 0.6) is 0 Å². The number of aryl methyl sites for hydroxylation is 1. The first kappa shape index (κ1) is 30.3.